The number of rotatable bonds is 4. The fraction of sp³-hybridized carbons (Fsp3) is 0.643. The highest BCUT2D eigenvalue weighted by molar-refractivity contribution is 5.46. The molecule has 2 rings (SSSR count). The Morgan fingerprint density at radius 2 is 2.32 bits per heavy atom. The number of hydrogen-bond donors (Lipinski definition) is 3. The third-order valence-corrected chi connectivity index (χ3v) is 3.76. The van der Waals surface area contributed by atoms with Gasteiger partial charge in [0.25, 0.3) is 0 Å². The van der Waals surface area contributed by atoms with Crippen LogP contribution < -0.4 is 15.4 Å². The average Bonchev–Trinajstić information content (AvgIpc) is 2.45. The lowest BCUT2D eigenvalue weighted by Gasteiger charge is -2.34. The van der Waals surface area contributed by atoms with E-state index in [2.05, 4.69) is 22.5 Å². The van der Waals surface area contributed by atoms with E-state index in [1.807, 2.05) is 19.3 Å². The van der Waals surface area contributed by atoms with Crippen LogP contribution in [0, 0.1) is 0 Å². The number of hydrogen-bond acceptors (Lipinski definition) is 5. The smallest absolute Gasteiger partial charge is 0.129 e. The summed E-state index contributed by atoms with van der Waals surface area (Å²) < 4.78 is 5.48. The minimum Gasteiger partial charge on any atom is -0.496 e. The molecular weight excluding hydrogens is 242 g/mol. The Bertz CT molecular complexity index is 425. The van der Waals surface area contributed by atoms with Gasteiger partial charge in [0.15, 0.2) is 0 Å². The molecular formula is C14H23N3O2. The number of aliphatic hydroxyl groups is 1. The van der Waals surface area contributed by atoms with Crippen molar-refractivity contribution in [3.63, 3.8) is 0 Å². The molecule has 1 aliphatic heterocycles. The first-order chi connectivity index (χ1) is 9.17. The summed E-state index contributed by atoms with van der Waals surface area (Å²) in [6, 6.07) is 2.47. The van der Waals surface area contributed by atoms with Crippen LogP contribution in [0.4, 0.5) is 5.82 Å². The highest BCUT2D eigenvalue weighted by Crippen LogP contribution is 2.36. The fourth-order valence-corrected chi connectivity index (χ4v) is 2.85. The maximum absolute atomic E-state index is 9.36. The van der Waals surface area contributed by atoms with Crippen molar-refractivity contribution < 1.29 is 9.84 Å². The van der Waals surface area contributed by atoms with Crippen molar-refractivity contribution in [2.75, 3.05) is 26.1 Å². The number of aromatic nitrogens is 1. The van der Waals surface area contributed by atoms with Gasteiger partial charge in [-0.15, -0.1) is 0 Å². The summed E-state index contributed by atoms with van der Waals surface area (Å²) in [4.78, 5) is 4.38. The van der Waals surface area contributed by atoms with E-state index in [0.717, 1.165) is 30.0 Å². The van der Waals surface area contributed by atoms with Gasteiger partial charge in [-0.05, 0) is 25.7 Å². The van der Waals surface area contributed by atoms with Gasteiger partial charge in [0.05, 0.1) is 13.7 Å². The molecule has 0 aliphatic carbocycles. The van der Waals surface area contributed by atoms with Crippen LogP contribution in [-0.2, 0) is 0 Å². The molecule has 0 radical (unpaired) electrons. The van der Waals surface area contributed by atoms with Crippen LogP contribution in [0.2, 0.25) is 0 Å². The number of methoxy groups -OCH3 is 1. The lowest BCUT2D eigenvalue weighted by Crippen LogP contribution is -2.45. The predicted molar refractivity (Wildman–Crippen MR) is 75.8 cm³/mol. The zero-order chi connectivity index (χ0) is 13.8. The first-order valence-electron chi connectivity index (χ1n) is 6.76. The van der Waals surface area contributed by atoms with Gasteiger partial charge in [0, 0.05) is 37.0 Å². The molecule has 0 amide bonds. The summed E-state index contributed by atoms with van der Waals surface area (Å²) in [6.45, 7) is 2.32. The second-order valence-corrected chi connectivity index (χ2v) is 5.18. The molecule has 1 fully saturated rings. The lowest BCUT2D eigenvalue weighted by molar-refractivity contribution is 0.189. The van der Waals surface area contributed by atoms with Crippen molar-refractivity contribution in [1.29, 1.82) is 0 Å². The number of nitrogens with one attached hydrogen (secondary N) is 2. The molecule has 0 aromatic carbocycles. The lowest BCUT2D eigenvalue weighted by atomic mass is 9.84. The maximum Gasteiger partial charge on any atom is 0.129 e. The van der Waals surface area contributed by atoms with E-state index in [9.17, 15) is 5.11 Å². The molecule has 1 saturated heterocycles. The molecule has 0 bridgehead atoms. The van der Waals surface area contributed by atoms with Crippen LogP contribution in [0.3, 0.4) is 0 Å². The Kier molecular flexibility index (Phi) is 4.61. The van der Waals surface area contributed by atoms with E-state index >= 15 is 0 Å². The first kappa shape index (κ1) is 14.1. The Hall–Kier alpha value is -1.33. The van der Waals surface area contributed by atoms with E-state index in [1.54, 1.807) is 7.11 Å². The zero-order valence-electron chi connectivity index (χ0n) is 11.8. The number of nitrogens with zero attached hydrogens (tertiary/aromatic N) is 1. The minimum atomic E-state index is 0.155. The molecule has 5 nitrogen and oxygen atoms in total. The Labute approximate surface area is 114 Å². The van der Waals surface area contributed by atoms with Crippen LogP contribution in [-0.4, -0.2) is 42.9 Å². The number of ether oxygens (including phenoxy) is 1. The molecule has 3 atom stereocenters. The fourth-order valence-electron chi connectivity index (χ4n) is 2.85. The maximum atomic E-state index is 9.36. The molecule has 19 heavy (non-hydrogen) atoms. The molecule has 1 aliphatic rings. The van der Waals surface area contributed by atoms with E-state index in [0.29, 0.717) is 12.0 Å². The van der Waals surface area contributed by atoms with E-state index in [1.165, 1.54) is 0 Å². The quantitative estimate of drug-likeness (QED) is 0.767. The van der Waals surface area contributed by atoms with Crippen LogP contribution >= 0.6 is 0 Å². The second kappa shape index (κ2) is 6.21. The molecule has 3 unspecified atom stereocenters. The standard InChI is InChI=1S/C14H23N3O2/c1-9-4-10(5-11(8-18)17-9)12-7-16-14(15-2)6-13(12)19-3/h6-7,9-11,17-18H,4-5,8H2,1-3H3,(H,15,16). The summed E-state index contributed by atoms with van der Waals surface area (Å²) in [6.07, 6.45) is 3.84. The number of aliphatic hydroxyl groups excluding tert-OH is 1. The normalized spacial score (nSPS) is 27.1. The number of pyridine rings is 1. The zero-order valence-corrected chi connectivity index (χ0v) is 11.8. The van der Waals surface area contributed by atoms with Gasteiger partial charge in [-0.3, -0.25) is 0 Å². The number of anilines is 1. The van der Waals surface area contributed by atoms with Gasteiger partial charge in [-0.1, -0.05) is 0 Å². The van der Waals surface area contributed by atoms with Crippen LogP contribution in [0.1, 0.15) is 31.2 Å². The summed E-state index contributed by atoms with van der Waals surface area (Å²) >= 11 is 0. The number of piperidine rings is 1. The average molecular weight is 265 g/mol. The van der Waals surface area contributed by atoms with Gasteiger partial charge < -0.3 is 20.5 Å². The second-order valence-electron chi connectivity index (χ2n) is 5.18. The van der Waals surface area contributed by atoms with Crippen molar-refractivity contribution >= 4 is 5.82 Å². The molecule has 5 heteroatoms. The molecule has 106 valence electrons. The highest BCUT2D eigenvalue weighted by atomic mass is 16.5. The summed E-state index contributed by atoms with van der Waals surface area (Å²) in [5, 5.41) is 15.8. The largest absolute Gasteiger partial charge is 0.496 e. The molecule has 1 aromatic rings. The molecule has 3 N–H and O–H groups in total. The van der Waals surface area contributed by atoms with E-state index < -0.39 is 0 Å². The van der Waals surface area contributed by atoms with Crippen molar-refractivity contribution in [3.05, 3.63) is 17.8 Å². The Balaban J connectivity index is 2.24. The molecule has 0 spiro atoms. The highest BCUT2D eigenvalue weighted by Gasteiger charge is 2.28. The third-order valence-electron chi connectivity index (χ3n) is 3.76. The van der Waals surface area contributed by atoms with Crippen LogP contribution in [0.5, 0.6) is 5.75 Å². The van der Waals surface area contributed by atoms with E-state index in [-0.39, 0.29) is 12.6 Å². The van der Waals surface area contributed by atoms with Gasteiger partial charge in [0.1, 0.15) is 11.6 Å². The SMILES string of the molecule is CNc1cc(OC)c(C2CC(C)NC(CO)C2)cn1. The van der Waals surface area contributed by atoms with E-state index in [4.69, 9.17) is 4.74 Å². The monoisotopic (exact) mass is 265 g/mol. The van der Waals surface area contributed by atoms with Crippen LogP contribution in [0.15, 0.2) is 12.3 Å². The minimum absolute atomic E-state index is 0.155. The summed E-state index contributed by atoms with van der Waals surface area (Å²) in [5.41, 5.74) is 1.13. The Morgan fingerprint density at radius 1 is 1.53 bits per heavy atom. The van der Waals surface area contributed by atoms with Gasteiger partial charge >= 0.3 is 0 Å². The van der Waals surface area contributed by atoms with Crippen LogP contribution in [0.25, 0.3) is 0 Å². The van der Waals surface area contributed by atoms with Gasteiger partial charge in [-0.2, -0.15) is 0 Å². The molecule has 2 heterocycles. The van der Waals surface area contributed by atoms with Crippen molar-refractivity contribution in [3.8, 4) is 5.75 Å². The summed E-state index contributed by atoms with van der Waals surface area (Å²) in [7, 11) is 3.53. The third kappa shape index (κ3) is 3.16. The van der Waals surface area contributed by atoms with Gasteiger partial charge in [-0.25, -0.2) is 4.98 Å². The van der Waals surface area contributed by atoms with Crippen molar-refractivity contribution in [1.82, 2.24) is 10.3 Å². The summed E-state index contributed by atoms with van der Waals surface area (Å²) in [5.74, 6) is 2.05. The van der Waals surface area contributed by atoms with Gasteiger partial charge in [0.2, 0.25) is 0 Å². The predicted octanol–water partition coefficient (Wildman–Crippen LogP) is 1.35. The molecule has 1 aromatic heterocycles. The van der Waals surface area contributed by atoms with Crippen molar-refractivity contribution in [2.24, 2.45) is 0 Å². The molecule has 0 saturated carbocycles. The van der Waals surface area contributed by atoms with Crippen molar-refractivity contribution in [2.45, 2.75) is 37.8 Å². The first-order valence-corrected chi connectivity index (χ1v) is 6.76. The topological polar surface area (TPSA) is 66.4 Å². The Morgan fingerprint density at radius 3 is 2.95 bits per heavy atom.